The molecule has 2 fully saturated rings. The minimum absolute atomic E-state index is 0.202. The second kappa shape index (κ2) is 7.01. The number of rotatable bonds is 4. The minimum atomic E-state index is -0.287. The van der Waals surface area contributed by atoms with Crippen LogP contribution in [-0.4, -0.2) is 52.7 Å². The lowest BCUT2D eigenvalue weighted by Crippen LogP contribution is -2.49. The zero-order chi connectivity index (χ0) is 18.1. The van der Waals surface area contributed by atoms with Crippen LogP contribution in [0.5, 0.6) is 5.88 Å². The Morgan fingerprint density at radius 1 is 1.23 bits per heavy atom. The molecule has 2 aliphatic rings. The number of methoxy groups -OCH3 is 1. The summed E-state index contributed by atoms with van der Waals surface area (Å²) in [4.78, 5) is 21.4. The van der Waals surface area contributed by atoms with Crippen molar-refractivity contribution in [1.29, 1.82) is 0 Å². The maximum Gasteiger partial charge on any atom is 0.228 e. The molecule has 2 aliphatic heterocycles. The molecule has 2 atom stereocenters. The lowest BCUT2D eigenvalue weighted by molar-refractivity contribution is 0.378. The zero-order valence-electron chi connectivity index (χ0n) is 15.1. The molecule has 4 rings (SSSR count). The van der Waals surface area contributed by atoms with Gasteiger partial charge in [0.05, 0.1) is 18.8 Å². The first-order valence-corrected chi connectivity index (χ1v) is 9.09. The van der Waals surface area contributed by atoms with Crippen molar-refractivity contribution in [1.82, 2.24) is 19.9 Å². The number of nitrogens with zero attached hydrogens (tertiary/aromatic N) is 6. The summed E-state index contributed by atoms with van der Waals surface area (Å²) >= 11 is 0. The minimum Gasteiger partial charge on any atom is -0.481 e. The lowest BCUT2D eigenvalue weighted by Gasteiger charge is -2.38. The Bertz CT molecular complexity index is 788. The number of ether oxygens (including phenoxy) is 1. The van der Waals surface area contributed by atoms with Crippen LogP contribution in [0.2, 0.25) is 0 Å². The van der Waals surface area contributed by atoms with Crippen LogP contribution in [0.3, 0.4) is 0 Å². The summed E-state index contributed by atoms with van der Waals surface area (Å²) in [5.41, 5.74) is 0.474. The summed E-state index contributed by atoms with van der Waals surface area (Å²) in [5.74, 6) is 1.89. The molecule has 0 radical (unpaired) electrons. The molecule has 8 heteroatoms. The highest BCUT2D eigenvalue weighted by molar-refractivity contribution is 5.46. The fourth-order valence-corrected chi connectivity index (χ4v) is 4.03. The second-order valence-electron chi connectivity index (χ2n) is 6.75. The van der Waals surface area contributed by atoms with E-state index in [1.807, 2.05) is 6.92 Å². The normalized spacial score (nSPS) is 22.4. The summed E-state index contributed by atoms with van der Waals surface area (Å²) in [6, 6.07) is 1.94. The van der Waals surface area contributed by atoms with E-state index < -0.39 is 0 Å². The summed E-state index contributed by atoms with van der Waals surface area (Å²) in [5, 5.41) is 0. The van der Waals surface area contributed by atoms with E-state index in [2.05, 4.69) is 29.7 Å². The number of halogens is 1. The second-order valence-corrected chi connectivity index (χ2v) is 6.75. The van der Waals surface area contributed by atoms with Gasteiger partial charge in [-0.3, -0.25) is 0 Å². The largest absolute Gasteiger partial charge is 0.481 e. The number of hydrogen-bond acceptors (Lipinski definition) is 7. The van der Waals surface area contributed by atoms with Gasteiger partial charge in [0.25, 0.3) is 0 Å². The van der Waals surface area contributed by atoms with Crippen molar-refractivity contribution >= 4 is 11.8 Å². The molecule has 0 N–H and O–H groups in total. The molecule has 0 bridgehead atoms. The number of aromatic nitrogens is 4. The van der Waals surface area contributed by atoms with Crippen molar-refractivity contribution in [2.75, 3.05) is 36.5 Å². The Kier molecular flexibility index (Phi) is 4.57. The fourth-order valence-electron chi connectivity index (χ4n) is 4.03. The third kappa shape index (κ3) is 2.93. The van der Waals surface area contributed by atoms with Crippen LogP contribution in [0, 0.1) is 11.7 Å². The van der Waals surface area contributed by atoms with E-state index in [1.165, 1.54) is 6.33 Å². The molecule has 0 amide bonds. The van der Waals surface area contributed by atoms with Crippen molar-refractivity contribution in [3.05, 3.63) is 30.1 Å². The van der Waals surface area contributed by atoms with E-state index in [1.54, 1.807) is 19.4 Å². The molecule has 0 aliphatic carbocycles. The van der Waals surface area contributed by atoms with E-state index in [0.29, 0.717) is 35.7 Å². The number of anilines is 2. The SMILES string of the molecule is CCc1ncnc(N2CCC3CCN(c4nccc(OC)n4)CC32)c1F. The predicted octanol–water partition coefficient (Wildman–Crippen LogP) is 2.08. The van der Waals surface area contributed by atoms with Crippen LogP contribution in [0.4, 0.5) is 16.2 Å². The molecule has 0 spiro atoms. The first kappa shape index (κ1) is 16.9. The van der Waals surface area contributed by atoms with Crippen molar-refractivity contribution in [2.45, 2.75) is 32.2 Å². The van der Waals surface area contributed by atoms with Crippen molar-refractivity contribution in [3.8, 4) is 5.88 Å². The first-order chi connectivity index (χ1) is 12.7. The van der Waals surface area contributed by atoms with Crippen molar-refractivity contribution in [3.63, 3.8) is 0 Å². The van der Waals surface area contributed by atoms with Crippen LogP contribution < -0.4 is 14.5 Å². The number of hydrogen-bond donors (Lipinski definition) is 0. The highest BCUT2D eigenvalue weighted by Gasteiger charge is 2.40. The van der Waals surface area contributed by atoms with Gasteiger partial charge >= 0.3 is 0 Å². The summed E-state index contributed by atoms with van der Waals surface area (Å²) < 4.78 is 20.0. The van der Waals surface area contributed by atoms with E-state index in [9.17, 15) is 4.39 Å². The molecule has 138 valence electrons. The quantitative estimate of drug-likeness (QED) is 0.829. The molecular formula is C18H23FN6O. The van der Waals surface area contributed by atoms with Gasteiger partial charge in [-0.15, -0.1) is 0 Å². The Labute approximate surface area is 152 Å². The van der Waals surface area contributed by atoms with E-state index in [0.717, 1.165) is 32.5 Å². The average Bonchev–Trinajstić information content (AvgIpc) is 3.11. The molecule has 2 saturated heterocycles. The van der Waals surface area contributed by atoms with Gasteiger partial charge in [0.1, 0.15) is 6.33 Å². The smallest absolute Gasteiger partial charge is 0.228 e. The van der Waals surface area contributed by atoms with Crippen LogP contribution >= 0.6 is 0 Å². The molecule has 0 aromatic carbocycles. The Morgan fingerprint density at radius 2 is 2.08 bits per heavy atom. The summed E-state index contributed by atoms with van der Waals surface area (Å²) in [6.45, 7) is 4.38. The van der Waals surface area contributed by atoms with Gasteiger partial charge in [-0.05, 0) is 25.2 Å². The average molecular weight is 358 g/mol. The monoisotopic (exact) mass is 358 g/mol. The number of aryl methyl sites for hydroxylation is 1. The maximum atomic E-state index is 14.8. The van der Waals surface area contributed by atoms with Crippen molar-refractivity contribution < 1.29 is 9.13 Å². The number of piperidine rings is 1. The molecule has 2 unspecified atom stereocenters. The van der Waals surface area contributed by atoms with Gasteiger partial charge in [0.15, 0.2) is 11.6 Å². The van der Waals surface area contributed by atoms with Gasteiger partial charge in [-0.2, -0.15) is 4.98 Å². The number of fused-ring (bicyclic) bond motifs is 1. The predicted molar refractivity (Wildman–Crippen MR) is 96.0 cm³/mol. The van der Waals surface area contributed by atoms with Gasteiger partial charge in [-0.1, -0.05) is 6.92 Å². The van der Waals surface area contributed by atoms with E-state index in [4.69, 9.17) is 4.74 Å². The molecular weight excluding hydrogens is 335 g/mol. The molecule has 7 nitrogen and oxygen atoms in total. The lowest BCUT2D eigenvalue weighted by atomic mass is 9.92. The van der Waals surface area contributed by atoms with Gasteiger partial charge in [0.2, 0.25) is 11.8 Å². The van der Waals surface area contributed by atoms with Crippen LogP contribution in [0.25, 0.3) is 0 Å². The van der Waals surface area contributed by atoms with Crippen molar-refractivity contribution in [2.24, 2.45) is 5.92 Å². The topological polar surface area (TPSA) is 67.3 Å². The standard InChI is InChI=1S/C18H23FN6O/c1-3-13-16(19)17(22-11-21-13)25-9-6-12-5-8-24(10-14(12)25)18-20-7-4-15(23-18)26-2/h4,7,11-12,14H,3,5-6,8-10H2,1-2H3. The van der Waals surface area contributed by atoms with Crippen LogP contribution in [0.1, 0.15) is 25.5 Å². The van der Waals surface area contributed by atoms with Gasteiger partial charge in [-0.25, -0.2) is 19.3 Å². The van der Waals surface area contributed by atoms with E-state index in [-0.39, 0.29) is 11.9 Å². The summed E-state index contributed by atoms with van der Waals surface area (Å²) in [7, 11) is 1.60. The fraction of sp³-hybridized carbons (Fsp3) is 0.556. The maximum absolute atomic E-state index is 14.8. The molecule has 4 heterocycles. The Morgan fingerprint density at radius 3 is 2.88 bits per heavy atom. The van der Waals surface area contributed by atoms with Crippen LogP contribution in [0.15, 0.2) is 18.6 Å². The Balaban J connectivity index is 1.59. The molecule has 0 saturated carbocycles. The molecule has 2 aromatic rings. The van der Waals surface area contributed by atoms with Crippen LogP contribution in [-0.2, 0) is 6.42 Å². The first-order valence-electron chi connectivity index (χ1n) is 9.09. The van der Waals surface area contributed by atoms with E-state index >= 15 is 0 Å². The van der Waals surface area contributed by atoms with Gasteiger partial charge < -0.3 is 14.5 Å². The Hall–Kier alpha value is -2.51. The zero-order valence-corrected chi connectivity index (χ0v) is 15.1. The molecule has 26 heavy (non-hydrogen) atoms. The third-order valence-electron chi connectivity index (χ3n) is 5.42. The third-order valence-corrected chi connectivity index (χ3v) is 5.42. The van der Waals surface area contributed by atoms with Gasteiger partial charge in [0, 0.05) is 31.9 Å². The molecule has 2 aromatic heterocycles. The highest BCUT2D eigenvalue weighted by Crippen LogP contribution is 2.36. The summed E-state index contributed by atoms with van der Waals surface area (Å²) in [6.07, 6.45) is 5.83. The highest BCUT2D eigenvalue weighted by atomic mass is 19.1.